The molecule has 0 aliphatic carbocycles. The highest BCUT2D eigenvalue weighted by Crippen LogP contribution is 2.27. The van der Waals surface area contributed by atoms with E-state index in [2.05, 4.69) is 11.6 Å². The van der Waals surface area contributed by atoms with Crippen molar-refractivity contribution in [3.63, 3.8) is 0 Å². The second-order valence-electron chi connectivity index (χ2n) is 3.01. The standard InChI is InChI=1S/C10H9ClF2O2/c1-6-5-7(15-2)3-4-8(6)9(14)10(11,12)13/h3-5H,1-2H3. The van der Waals surface area contributed by atoms with Gasteiger partial charge in [0.05, 0.1) is 7.11 Å². The second-order valence-corrected chi connectivity index (χ2v) is 3.48. The largest absolute Gasteiger partial charge is 0.497 e. The summed E-state index contributed by atoms with van der Waals surface area (Å²) >= 11 is 4.65. The van der Waals surface area contributed by atoms with Crippen molar-refractivity contribution in [2.75, 3.05) is 7.11 Å². The zero-order chi connectivity index (χ0) is 11.6. The maximum absolute atomic E-state index is 12.5. The number of ketones is 1. The van der Waals surface area contributed by atoms with Gasteiger partial charge in [-0.05, 0) is 42.3 Å². The summed E-state index contributed by atoms with van der Waals surface area (Å²) in [6, 6.07) is 4.20. The molecular weight excluding hydrogens is 226 g/mol. The second kappa shape index (κ2) is 4.14. The van der Waals surface area contributed by atoms with Crippen molar-refractivity contribution in [3.05, 3.63) is 29.3 Å². The third kappa shape index (κ3) is 2.65. The van der Waals surface area contributed by atoms with Gasteiger partial charge in [0.1, 0.15) is 5.75 Å². The summed E-state index contributed by atoms with van der Waals surface area (Å²) in [5, 5.41) is -3.86. The molecule has 15 heavy (non-hydrogen) atoms. The third-order valence-corrected chi connectivity index (χ3v) is 2.11. The molecule has 0 heterocycles. The van der Waals surface area contributed by atoms with E-state index >= 15 is 0 Å². The molecule has 0 aliphatic rings. The first-order valence-electron chi connectivity index (χ1n) is 4.12. The monoisotopic (exact) mass is 234 g/mol. The van der Waals surface area contributed by atoms with E-state index in [-0.39, 0.29) is 5.56 Å². The van der Waals surface area contributed by atoms with Crippen molar-refractivity contribution < 1.29 is 18.3 Å². The molecule has 0 unspecified atom stereocenters. The highest BCUT2D eigenvalue weighted by Gasteiger charge is 2.37. The highest BCUT2D eigenvalue weighted by atomic mass is 35.5. The van der Waals surface area contributed by atoms with E-state index in [1.54, 1.807) is 6.92 Å². The summed E-state index contributed by atoms with van der Waals surface area (Å²) in [7, 11) is 1.45. The predicted octanol–water partition coefficient (Wildman–Crippen LogP) is 3.02. The van der Waals surface area contributed by atoms with Crippen LogP contribution in [-0.4, -0.2) is 18.3 Å². The van der Waals surface area contributed by atoms with Crippen LogP contribution in [0.1, 0.15) is 15.9 Å². The smallest absolute Gasteiger partial charge is 0.384 e. The number of methoxy groups -OCH3 is 1. The van der Waals surface area contributed by atoms with Crippen LogP contribution < -0.4 is 4.74 Å². The van der Waals surface area contributed by atoms with Gasteiger partial charge in [-0.15, -0.1) is 0 Å². The number of ether oxygens (including phenoxy) is 1. The van der Waals surface area contributed by atoms with Gasteiger partial charge in [-0.3, -0.25) is 4.79 Å². The lowest BCUT2D eigenvalue weighted by molar-refractivity contribution is 0.0535. The Bertz CT molecular complexity index is 385. The highest BCUT2D eigenvalue weighted by molar-refractivity contribution is 6.35. The molecule has 0 fully saturated rings. The average Bonchev–Trinajstić information content (AvgIpc) is 2.15. The molecule has 0 amide bonds. The van der Waals surface area contributed by atoms with Crippen LogP contribution in [0.2, 0.25) is 0 Å². The number of carbonyl (C=O) groups excluding carboxylic acids is 1. The number of rotatable bonds is 3. The molecule has 0 N–H and O–H groups in total. The fourth-order valence-corrected chi connectivity index (χ4v) is 1.27. The van der Waals surface area contributed by atoms with E-state index in [1.165, 1.54) is 25.3 Å². The number of halogens is 3. The van der Waals surface area contributed by atoms with Gasteiger partial charge in [0.25, 0.3) is 0 Å². The Morgan fingerprint density at radius 3 is 2.47 bits per heavy atom. The predicted molar refractivity (Wildman–Crippen MR) is 52.9 cm³/mol. The van der Waals surface area contributed by atoms with E-state index in [0.29, 0.717) is 11.3 Å². The Balaban J connectivity index is 3.12. The van der Waals surface area contributed by atoms with Crippen LogP contribution in [0.15, 0.2) is 18.2 Å². The van der Waals surface area contributed by atoms with Crippen molar-refractivity contribution in [2.24, 2.45) is 0 Å². The molecule has 0 radical (unpaired) electrons. The van der Waals surface area contributed by atoms with Crippen LogP contribution in [-0.2, 0) is 0 Å². The Hall–Kier alpha value is -1.16. The minimum absolute atomic E-state index is 0.101. The molecule has 0 aromatic heterocycles. The zero-order valence-corrected chi connectivity index (χ0v) is 8.94. The van der Waals surface area contributed by atoms with Gasteiger partial charge in [0, 0.05) is 5.56 Å². The number of aryl methyl sites for hydroxylation is 1. The Morgan fingerprint density at radius 1 is 1.47 bits per heavy atom. The normalized spacial score (nSPS) is 11.3. The first-order valence-corrected chi connectivity index (χ1v) is 4.50. The molecule has 1 rings (SSSR count). The fraction of sp³-hybridized carbons (Fsp3) is 0.300. The third-order valence-electron chi connectivity index (χ3n) is 1.94. The summed E-state index contributed by atoms with van der Waals surface area (Å²) in [6.45, 7) is 1.54. The summed E-state index contributed by atoms with van der Waals surface area (Å²) < 4.78 is 30.0. The number of carbonyl (C=O) groups is 1. The molecule has 82 valence electrons. The van der Waals surface area contributed by atoms with Crippen molar-refractivity contribution in [2.45, 2.75) is 12.3 Å². The maximum Gasteiger partial charge on any atom is 0.384 e. The number of benzene rings is 1. The van der Waals surface area contributed by atoms with Crippen molar-refractivity contribution in [3.8, 4) is 5.75 Å². The SMILES string of the molecule is COc1ccc(C(=O)C(F)(F)Cl)c(C)c1. The molecular formula is C10H9ClF2O2. The number of alkyl halides is 3. The van der Waals surface area contributed by atoms with Gasteiger partial charge in [-0.2, -0.15) is 8.78 Å². The van der Waals surface area contributed by atoms with Crippen LogP contribution in [0.25, 0.3) is 0 Å². The van der Waals surface area contributed by atoms with Gasteiger partial charge < -0.3 is 4.74 Å². The lowest BCUT2D eigenvalue weighted by Crippen LogP contribution is -2.22. The molecule has 0 atom stereocenters. The van der Waals surface area contributed by atoms with Crippen LogP contribution in [0.5, 0.6) is 5.75 Å². The van der Waals surface area contributed by atoms with E-state index in [1.807, 2.05) is 0 Å². The van der Waals surface area contributed by atoms with E-state index < -0.39 is 11.2 Å². The van der Waals surface area contributed by atoms with Gasteiger partial charge in [-0.1, -0.05) is 0 Å². The zero-order valence-electron chi connectivity index (χ0n) is 8.18. The van der Waals surface area contributed by atoms with Crippen LogP contribution in [0, 0.1) is 6.92 Å². The minimum atomic E-state index is -3.86. The average molecular weight is 235 g/mol. The Kier molecular flexibility index (Phi) is 3.29. The van der Waals surface area contributed by atoms with E-state index in [9.17, 15) is 13.6 Å². The molecule has 0 saturated heterocycles. The first kappa shape index (κ1) is 11.9. The van der Waals surface area contributed by atoms with E-state index in [0.717, 1.165) is 0 Å². The summed E-state index contributed by atoms with van der Waals surface area (Å²) in [5.74, 6) is -0.897. The van der Waals surface area contributed by atoms with Crippen molar-refractivity contribution in [1.29, 1.82) is 0 Å². The first-order chi connectivity index (χ1) is 6.86. The molecule has 0 spiro atoms. The molecule has 2 nitrogen and oxygen atoms in total. The number of hydrogen-bond donors (Lipinski definition) is 0. The van der Waals surface area contributed by atoms with Crippen LogP contribution in [0.4, 0.5) is 8.78 Å². The summed E-state index contributed by atoms with van der Waals surface area (Å²) in [4.78, 5) is 11.2. The lowest BCUT2D eigenvalue weighted by Gasteiger charge is -2.10. The fourth-order valence-electron chi connectivity index (χ4n) is 1.17. The maximum atomic E-state index is 12.5. The van der Waals surface area contributed by atoms with Crippen LogP contribution >= 0.6 is 11.6 Å². The Labute approximate surface area is 90.8 Å². The van der Waals surface area contributed by atoms with Crippen LogP contribution in [0.3, 0.4) is 0 Å². The van der Waals surface area contributed by atoms with Gasteiger partial charge in [0.15, 0.2) is 0 Å². The number of Topliss-reactive ketones (excluding diaryl/α,β-unsaturated/α-hetero) is 1. The quantitative estimate of drug-likeness (QED) is 0.594. The molecule has 5 heteroatoms. The summed E-state index contributed by atoms with van der Waals surface area (Å²) in [5.41, 5.74) is 0.301. The molecule has 1 aromatic carbocycles. The minimum Gasteiger partial charge on any atom is -0.497 e. The molecule has 0 bridgehead atoms. The number of hydrogen-bond acceptors (Lipinski definition) is 2. The van der Waals surface area contributed by atoms with Gasteiger partial charge in [0.2, 0.25) is 5.78 Å². The van der Waals surface area contributed by atoms with Gasteiger partial charge >= 0.3 is 5.38 Å². The molecule has 0 aliphatic heterocycles. The van der Waals surface area contributed by atoms with Crippen molar-refractivity contribution in [1.82, 2.24) is 0 Å². The summed E-state index contributed by atoms with van der Waals surface area (Å²) in [6.07, 6.45) is 0. The van der Waals surface area contributed by atoms with Gasteiger partial charge in [-0.25, -0.2) is 0 Å². The Morgan fingerprint density at radius 2 is 2.07 bits per heavy atom. The lowest BCUT2D eigenvalue weighted by atomic mass is 10.0. The van der Waals surface area contributed by atoms with Crippen molar-refractivity contribution >= 4 is 17.4 Å². The topological polar surface area (TPSA) is 26.3 Å². The molecule has 1 aromatic rings. The molecule has 0 saturated carbocycles. The van der Waals surface area contributed by atoms with E-state index in [4.69, 9.17) is 4.74 Å².